The minimum atomic E-state index is -0.364. The first-order valence-corrected chi connectivity index (χ1v) is 8.06. The fourth-order valence-electron chi connectivity index (χ4n) is 3.07. The van der Waals surface area contributed by atoms with Crippen molar-refractivity contribution in [2.45, 2.75) is 31.5 Å². The lowest BCUT2D eigenvalue weighted by atomic mass is 10.0. The highest BCUT2D eigenvalue weighted by atomic mass is 16.5. The molecule has 0 saturated carbocycles. The van der Waals surface area contributed by atoms with Crippen molar-refractivity contribution in [3.8, 4) is 5.75 Å². The molecule has 1 aliphatic heterocycles. The topological polar surface area (TPSA) is 80.9 Å². The van der Waals surface area contributed by atoms with Crippen LogP contribution in [0.1, 0.15) is 29.7 Å². The molecule has 0 radical (unpaired) electrons. The van der Waals surface area contributed by atoms with E-state index in [1.807, 2.05) is 18.2 Å². The van der Waals surface area contributed by atoms with Gasteiger partial charge in [0.2, 0.25) is 5.89 Å². The Morgan fingerprint density at radius 2 is 2.25 bits per heavy atom. The number of nitrogens with zero attached hydrogens (tertiary/aromatic N) is 3. The van der Waals surface area contributed by atoms with E-state index in [0.29, 0.717) is 44.3 Å². The molecule has 0 aliphatic carbocycles. The summed E-state index contributed by atoms with van der Waals surface area (Å²) in [6, 6.07) is 8.04. The van der Waals surface area contributed by atoms with Crippen molar-refractivity contribution in [1.82, 2.24) is 15.0 Å². The van der Waals surface area contributed by atoms with Gasteiger partial charge in [0, 0.05) is 26.1 Å². The average molecular weight is 333 g/mol. The molecule has 1 saturated heterocycles. The highest BCUT2D eigenvalue weighted by Gasteiger charge is 2.33. The van der Waals surface area contributed by atoms with E-state index < -0.39 is 0 Å². The molecule has 1 aromatic carbocycles. The standard InChI is InChI=1S/C17H23N3O4/c1-22-7-6-16-18-17(24-19-16)11-20-10-13(21)9-15(20)12-4-3-5-14(8-12)23-2/h3-5,8,13,15,21H,6-7,9-11H2,1-2H3. The molecule has 7 heteroatoms. The third-order valence-electron chi connectivity index (χ3n) is 4.24. The Morgan fingerprint density at radius 3 is 3.04 bits per heavy atom. The molecule has 2 atom stereocenters. The van der Waals surface area contributed by atoms with Crippen molar-refractivity contribution in [1.29, 1.82) is 0 Å². The molecule has 2 aromatic rings. The van der Waals surface area contributed by atoms with E-state index >= 15 is 0 Å². The number of benzene rings is 1. The summed E-state index contributed by atoms with van der Waals surface area (Å²) in [5.74, 6) is 2.01. The summed E-state index contributed by atoms with van der Waals surface area (Å²) in [5.41, 5.74) is 1.12. The third-order valence-corrected chi connectivity index (χ3v) is 4.24. The van der Waals surface area contributed by atoms with Crippen LogP contribution in [0.2, 0.25) is 0 Å². The van der Waals surface area contributed by atoms with Crippen molar-refractivity contribution in [2.24, 2.45) is 0 Å². The SMILES string of the molecule is COCCc1noc(CN2CC(O)CC2c2cccc(OC)c2)n1. The largest absolute Gasteiger partial charge is 0.497 e. The summed E-state index contributed by atoms with van der Waals surface area (Å²) in [6.07, 6.45) is 0.942. The first kappa shape index (κ1) is 16.9. The number of aliphatic hydroxyl groups is 1. The number of ether oxygens (including phenoxy) is 2. The molecular weight excluding hydrogens is 310 g/mol. The van der Waals surface area contributed by atoms with Crippen LogP contribution >= 0.6 is 0 Å². The number of hydrogen-bond donors (Lipinski definition) is 1. The van der Waals surface area contributed by atoms with Crippen LogP contribution in [0.25, 0.3) is 0 Å². The molecule has 24 heavy (non-hydrogen) atoms. The summed E-state index contributed by atoms with van der Waals surface area (Å²) < 4.78 is 15.6. The smallest absolute Gasteiger partial charge is 0.240 e. The van der Waals surface area contributed by atoms with Gasteiger partial charge in [0.15, 0.2) is 5.82 Å². The van der Waals surface area contributed by atoms with Gasteiger partial charge in [-0.2, -0.15) is 4.98 Å². The van der Waals surface area contributed by atoms with Crippen molar-refractivity contribution >= 4 is 0 Å². The first-order valence-electron chi connectivity index (χ1n) is 8.06. The van der Waals surface area contributed by atoms with Gasteiger partial charge in [0.1, 0.15) is 5.75 Å². The number of methoxy groups -OCH3 is 2. The zero-order valence-corrected chi connectivity index (χ0v) is 14.0. The molecule has 2 unspecified atom stereocenters. The number of aromatic nitrogens is 2. The van der Waals surface area contributed by atoms with E-state index in [4.69, 9.17) is 14.0 Å². The van der Waals surface area contributed by atoms with E-state index in [1.165, 1.54) is 0 Å². The van der Waals surface area contributed by atoms with E-state index in [2.05, 4.69) is 21.1 Å². The van der Waals surface area contributed by atoms with Crippen LogP contribution in [-0.2, 0) is 17.7 Å². The maximum Gasteiger partial charge on any atom is 0.240 e. The Labute approximate surface area is 141 Å². The highest BCUT2D eigenvalue weighted by molar-refractivity contribution is 5.31. The van der Waals surface area contributed by atoms with Gasteiger partial charge in [-0.25, -0.2) is 0 Å². The summed E-state index contributed by atoms with van der Waals surface area (Å²) in [6.45, 7) is 1.66. The second-order valence-corrected chi connectivity index (χ2v) is 5.96. The van der Waals surface area contributed by atoms with E-state index in [0.717, 1.165) is 11.3 Å². The van der Waals surface area contributed by atoms with E-state index in [-0.39, 0.29) is 12.1 Å². The lowest BCUT2D eigenvalue weighted by molar-refractivity contribution is 0.164. The van der Waals surface area contributed by atoms with Crippen LogP contribution in [0, 0.1) is 0 Å². The molecule has 0 spiro atoms. The fourth-order valence-corrected chi connectivity index (χ4v) is 3.07. The molecule has 1 fully saturated rings. The Morgan fingerprint density at radius 1 is 1.38 bits per heavy atom. The maximum absolute atomic E-state index is 10.1. The third kappa shape index (κ3) is 3.92. The fraction of sp³-hybridized carbons (Fsp3) is 0.529. The van der Waals surface area contributed by atoms with Gasteiger partial charge in [-0.05, 0) is 24.1 Å². The van der Waals surface area contributed by atoms with Gasteiger partial charge in [0.25, 0.3) is 0 Å². The minimum absolute atomic E-state index is 0.101. The molecule has 1 aliphatic rings. The summed E-state index contributed by atoms with van der Waals surface area (Å²) in [7, 11) is 3.30. The van der Waals surface area contributed by atoms with Gasteiger partial charge in [-0.1, -0.05) is 17.3 Å². The van der Waals surface area contributed by atoms with Crippen LogP contribution in [0.3, 0.4) is 0 Å². The summed E-state index contributed by atoms with van der Waals surface area (Å²) in [4.78, 5) is 6.55. The van der Waals surface area contributed by atoms with E-state index in [1.54, 1.807) is 14.2 Å². The maximum atomic E-state index is 10.1. The van der Waals surface area contributed by atoms with Gasteiger partial charge in [-0.3, -0.25) is 4.90 Å². The van der Waals surface area contributed by atoms with Crippen LogP contribution in [0.15, 0.2) is 28.8 Å². The van der Waals surface area contributed by atoms with Gasteiger partial charge >= 0.3 is 0 Å². The lowest BCUT2D eigenvalue weighted by Gasteiger charge is -2.23. The Balaban J connectivity index is 1.72. The molecule has 130 valence electrons. The zero-order valence-electron chi connectivity index (χ0n) is 14.0. The number of aliphatic hydroxyl groups excluding tert-OH is 1. The molecule has 0 bridgehead atoms. The summed E-state index contributed by atoms with van der Waals surface area (Å²) >= 11 is 0. The lowest BCUT2D eigenvalue weighted by Crippen LogP contribution is -2.24. The first-order chi connectivity index (χ1) is 11.7. The minimum Gasteiger partial charge on any atom is -0.497 e. The molecule has 0 amide bonds. The molecule has 2 heterocycles. The summed E-state index contributed by atoms with van der Waals surface area (Å²) in [5, 5.41) is 14.1. The highest BCUT2D eigenvalue weighted by Crippen LogP contribution is 2.34. The average Bonchev–Trinajstić information content (AvgIpc) is 3.19. The molecule has 3 rings (SSSR count). The van der Waals surface area contributed by atoms with Gasteiger partial charge in [0.05, 0.1) is 26.4 Å². The van der Waals surface area contributed by atoms with Crippen LogP contribution in [0.5, 0.6) is 5.75 Å². The van der Waals surface area contributed by atoms with Crippen LogP contribution in [0.4, 0.5) is 0 Å². The van der Waals surface area contributed by atoms with Crippen molar-refractivity contribution < 1.29 is 19.1 Å². The number of rotatable bonds is 7. The number of β-amino-alcohol motifs (C(OH)–C–C–N with tert-alkyl or cyclic N) is 1. The van der Waals surface area contributed by atoms with E-state index in [9.17, 15) is 5.11 Å². The predicted molar refractivity (Wildman–Crippen MR) is 86.6 cm³/mol. The Hall–Kier alpha value is -1.96. The normalized spacial score (nSPS) is 21.3. The van der Waals surface area contributed by atoms with Crippen molar-refractivity contribution in [2.75, 3.05) is 27.4 Å². The molecular formula is C17H23N3O4. The van der Waals surface area contributed by atoms with Crippen LogP contribution < -0.4 is 4.74 Å². The monoisotopic (exact) mass is 333 g/mol. The molecule has 1 aromatic heterocycles. The van der Waals surface area contributed by atoms with Crippen molar-refractivity contribution in [3.63, 3.8) is 0 Å². The zero-order chi connectivity index (χ0) is 16.9. The molecule has 1 N–H and O–H groups in total. The number of hydrogen-bond acceptors (Lipinski definition) is 7. The second-order valence-electron chi connectivity index (χ2n) is 5.96. The molecule has 7 nitrogen and oxygen atoms in total. The van der Waals surface area contributed by atoms with Crippen LogP contribution in [-0.4, -0.2) is 53.6 Å². The predicted octanol–water partition coefficient (Wildman–Crippen LogP) is 1.58. The quantitative estimate of drug-likeness (QED) is 0.824. The number of likely N-dealkylation sites (tertiary alicyclic amines) is 1. The Bertz CT molecular complexity index is 661. The Kier molecular flexibility index (Phi) is 5.44. The van der Waals surface area contributed by atoms with Gasteiger partial charge < -0.3 is 19.1 Å². The van der Waals surface area contributed by atoms with Gasteiger partial charge in [-0.15, -0.1) is 0 Å². The second kappa shape index (κ2) is 7.74. The van der Waals surface area contributed by atoms with Crippen molar-refractivity contribution in [3.05, 3.63) is 41.5 Å².